The SMILES string of the molecule is CC1(C)CC[C@]2(C)CC[C@]3(C)C(=CC[C@@H]4[C@@]5(C)CC[C@H](OC(=O)c6ccccc6)C(C)(C)[C@@H]5CC[C@]43C)[C@@H]2C1. The van der Waals surface area contributed by atoms with Crippen molar-refractivity contribution in [2.75, 3.05) is 0 Å². The summed E-state index contributed by atoms with van der Waals surface area (Å²) in [6, 6.07) is 9.57. The molecule has 5 aliphatic rings. The van der Waals surface area contributed by atoms with Crippen LogP contribution in [0.2, 0.25) is 0 Å². The van der Waals surface area contributed by atoms with E-state index in [0.29, 0.717) is 39.1 Å². The predicted octanol–water partition coefficient (Wildman–Crippen LogP) is 10.0. The number of fused-ring (bicyclic) bond motifs is 7. The summed E-state index contributed by atoms with van der Waals surface area (Å²) in [5.41, 5.74) is 4.39. The fraction of sp³-hybridized carbons (Fsp3) is 0.757. The Morgan fingerprint density at radius 2 is 1.49 bits per heavy atom. The monoisotopic (exact) mass is 530 g/mol. The molecule has 214 valence electrons. The van der Waals surface area contributed by atoms with Gasteiger partial charge < -0.3 is 4.74 Å². The van der Waals surface area contributed by atoms with Crippen molar-refractivity contribution in [3.8, 4) is 0 Å². The van der Waals surface area contributed by atoms with E-state index in [2.05, 4.69) is 61.5 Å². The number of rotatable bonds is 2. The van der Waals surface area contributed by atoms with Gasteiger partial charge in [-0.2, -0.15) is 0 Å². The second-order valence-corrected chi connectivity index (χ2v) is 17.0. The molecular formula is C37H54O2. The normalized spacial score (nSPS) is 46.0. The summed E-state index contributed by atoms with van der Waals surface area (Å²) in [6.45, 7) is 20.5. The van der Waals surface area contributed by atoms with Crippen molar-refractivity contribution >= 4 is 5.97 Å². The van der Waals surface area contributed by atoms with Gasteiger partial charge in [-0.05, 0) is 121 Å². The molecule has 5 aliphatic carbocycles. The average molecular weight is 531 g/mol. The van der Waals surface area contributed by atoms with E-state index >= 15 is 0 Å². The number of hydrogen-bond donors (Lipinski definition) is 0. The number of benzene rings is 1. The molecule has 0 heterocycles. The third-order valence-electron chi connectivity index (χ3n) is 14.3. The van der Waals surface area contributed by atoms with Crippen molar-refractivity contribution in [3.05, 3.63) is 47.5 Å². The summed E-state index contributed by atoms with van der Waals surface area (Å²) in [5, 5.41) is 0. The molecule has 0 radical (unpaired) electrons. The summed E-state index contributed by atoms with van der Waals surface area (Å²) in [5.74, 6) is 1.87. The van der Waals surface area contributed by atoms with E-state index < -0.39 is 0 Å². The standard InChI is InChI=1S/C37H54O2/c1-32(2)20-21-34(5)22-23-36(7)26(27(34)24-32)14-15-29-35(6)18-17-30(39-31(38)25-12-10-9-11-13-25)33(3,4)28(35)16-19-37(29,36)8/h9-14,27-30H,15-24H2,1-8H3/t27-,28-,29+,30-,34+,35-,36+,37+/m0/s1. The van der Waals surface area contributed by atoms with Gasteiger partial charge in [0.05, 0.1) is 5.56 Å². The third-order valence-corrected chi connectivity index (χ3v) is 14.3. The lowest BCUT2D eigenvalue weighted by Gasteiger charge is -2.71. The molecule has 6 rings (SSSR count). The first kappa shape index (κ1) is 27.6. The highest BCUT2D eigenvalue weighted by Crippen LogP contribution is 2.75. The number of allylic oxidation sites excluding steroid dienone is 2. The van der Waals surface area contributed by atoms with Crippen LogP contribution in [0.25, 0.3) is 0 Å². The van der Waals surface area contributed by atoms with Crippen LogP contribution in [0.3, 0.4) is 0 Å². The summed E-state index contributed by atoms with van der Waals surface area (Å²) < 4.78 is 6.29. The van der Waals surface area contributed by atoms with E-state index in [1.54, 1.807) is 0 Å². The van der Waals surface area contributed by atoms with Gasteiger partial charge in [0, 0.05) is 5.41 Å². The first-order chi connectivity index (χ1) is 18.2. The van der Waals surface area contributed by atoms with Crippen molar-refractivity contribution in [2.24, 2.45) is 50.2 Å². The van der Waals surface area contributed by atoms with Crippen LogP contribution in [-0.2, 0) is 4.74 Å². The Hall–Kier alpha value is -1.57. The number of hydrogen-bond acceptors (Lipinski definition) is 2. The summed E-state index contributed by atoms with van der Waals surface area (Å²) in [7, 11) is 0. The van der Waals surface area contributed by atoms with Crippen LogP contribution < -0.4 is 0 Å². The van der Waals surface area contributed by atoms with E-state index in [9.17, 15) is 4.79 Å². The van der Waals surface area contributed by atoms with Gasteiger partial charge >= 0.3 is 5.97 Å². The zero-order chi connectivity index (χ0) is 28.1. The van der Waals surface area contributed by atoms with Gasteiger partial charge in [0.15, 0.2) is 0 Å². The molecule has 0 aliphatic heterocycles. The van der Waals surface area contributed by atoms with E-state index in [1.165, 1.54) is 57.8 Å². The van der Waals surface area contributed by atoms with E-state index in [-0.39, 0.29) is 22.9 Å². The Balaban J connectivity index is 1.30. The van der Waals surface area contributed by atoms with Crippen molar-refractivity contribution in [2.45, 2.75) is 126 Å². The Kier molecular flexibility index (Phi) is 6.17. The lowest BCUT2D eigenvalue weighted by molar-refractivity contribution is -0.203. The Bertz CT molecular complexity index is 1160. The van der Waals surface area contributed by atoms with Gasteiger partial charge in [0.1, 0.15) is 6.10 Å². The Morgan fingerprint density at radius 1 is 0.795 bits per heavy atom. The molecule has 0 unspecified atom stereocenters. The maximum absolute atomic E-state index is 13.1. The van der Waals surface area contributed by atoms with E-state index in [4.69, 9.17) is 4.74 Å². The number of carbonyl (C=O) groups excluding carboxylic acids is 1. The number of carbonyl (C=O) groups is 1. The van der Waals surface area contributed by atoms with Crippen LogP contribution in [0.1, 0.15) is 130 Å². The van der Waals surface area contributed by atoms with Crippen LogP contribution in [0, 0.1) is 50.2 Å². The fourth-order valence-electron chi connectivity index (χ4n) is 11.5. The minimum atomic E-state index is -0.156. The maximum atomic E-state index is 13.1. The van der Waals surface area contributed by atoms with Gasteiger partial charge in [-0.3, -0.25) is 0 Å². The summed E-state index contributed by atoms with van der Waals surface area (Å²) >= 11 is 0. The van der Waals surface area contributed by atoms with Crippen LogP contribution in [0.5, 0.6) is 0 Å². The molecule has 0 saturated heterocycles. The molecule has 0 bridgehead atoms. The molecule has 2 nitrogen and oxygen atoms in total. The molecule has 0 aromatic heterocycles. The van der Waals surface area contributed by atoms with Gasteiger partial charge in [0.2, 0.25) is 0 Å². The Morgan fingerprint density at radius 3 is 2.21 bits per heavy atom. The second-order valence-electron chi connectivity index (χ2n) is 17.0. The highest BCUT2D eigenvalue weighted by atomic mass is 16.5. The second kappa shape index (κ2) is 8.72. The molecule has 2 heteroatoms. The first-order valence-electron chi connectivity index (χ1n) is 16.1. The van der Waals surface area contributed by atoms with Crippen molar-refractivity contribution in [1.29, 1.82) is 0 Å². The molecule has 4 saturated carbocycles. The van der Waals surface area contributed by atoms with Gasteiger partial charge in [-0.15, -0.1) is 0 Å². The molecule has 0 spiro atoms. The van der Waals surface area contributed by atoms with E-state index in [1.807, 2.05) is 35.9 Å². The van der Waals surface area contributed by atoms with Crippen LogP contribution in [-0.4, -0.2) is 12.1 Å². The predicted molar refractivity (Wildman–Crippen MR) is 160 cm³/mol. The highest BCUT2D eigenvalue weighted by molar-refractivity contribution is 5.89. The van der Waals surface area contributed by atoms with E-state index in [0.717, 1.165) is 12.3 Å². The highest BCUT2D eigenvalue weighted by Gasteiger charge is 2.68. The number of ether oxygens (including phenoxy) is 1. The zero-order valence-corrected chi connectivity index (χ0v) is 26.2. The molecule has 39 heavy (non-hydrogen) atoms. The van der Waals surface area contributed by atoms with Gasteiger partial charge in [0.25, 0.3) is 0 Å². The quantitative estimate of drug-likeness (QED) is 0.281. The number of esters is 1. The van der Waals surface area contributed by atoms with Crippen molar-refractivity contribution in [3.63, 3.8) is 0 Å². The lowest BCUT2D eigenvalue weighted by Crippen LogP contribution is -2.64. The van der Waals surface area contributed by atoms with Crippen LogP contribution in [0.15, 0.2) is 42.0 Å². The molecular weight excluding hydrogens is 476 g/mol. The minimum absolute atomic E-state index is 0.0159. The molecule has 1 aromatic carbocycles. The zero-order valence-electron chi connectivity index (χ0n) is 26.2. The molecule has 8 atom stereocenters. The molecule has 4 fully saturated rings. The van der Waals surface area contributed by atoms with Crippen LogP contribution >= 0.6 is 0 Å². The fourth-order valence-corrected chi connectivity index (χ4v) is 11.5. The smallest absolute Gasteiger partial charge is 0.338 e. The molecule has 1 aromatic rings. The molecule has 0 N–H and O–H groups in total. The summed E-state index contributed by atoms with van der Waals surface area (Å²) in [6.07, 6.45) is 15.6. The summed E-state index contributed by atoms with van der Waals surface area (Å²) in [4.78, 5) is 13.1. The van der Waals surface area contributed by atoms with Crippen LogP contribution in [0.4, 0.5) is 0 Å². The Labute approximate surface area is 238 Å². The van der Waals surface area contributed by atoms with Gasteiger partial charge in [-0.1, -0.05) is 85.2 Å². The largest absolute Gasteiger partial charge is 0.458 e. The van der Waals surface area contributed by atoms with Gasteiger partial charge in [-0.25, -0.2) is 4.79 Å². The van der Waals surface area contributed by atoms with Crippen molar-refractivity contribution in [1.82, 2.24) is 0 Å². The lowest BCUT2D eigenvalue weighted by atomic mass is 9.33. The van der Waals surface area contributed by atoms with Crippen molar-refractivity contribution < 1.29 is 9.53 Å². The minimum Gasteiger partial charge on any atom is -0.458 e. The maximum Gasteiger partial charge on any atom is 0.338 e. The molecule has 0 amide bonds. The average Bonchev–Trinajstić information content (AvgIpc) is 2.87. The third kappa shape index (κ3) is 3.89. The topological polar surface area (TPSA) is 26.3 Å². The first-order valence-corrected chi connectivity index (χ1v) is 16.1.